The van der Waals surface area contributed by atoms with Crippen molar-refractivity contribution in [2.75, 3.05) is 5.75 Å². The van der Waals surface area contributed by atoms with Crippen LogP contribution in [0.4, 0.5) is 0 Å². The van der Waals surface area contributed by atoms with E-state index in [4.69, 9.17) is 11.6 Å². The first kappa shape index (κ1) is 19.8. The summed E-state index contributed by atoms with van der Waals surface area (Å²) in [7, 11) is 0. The summed E-state index contributed by atoms with van der Waals surface area (Å²) in [6.45, 7) is 6.66. The molecule has 5 nitrogen and oxygen atoms in total. The number of carbonyl (C=O) groups is 1. The summed E-state index contributed by atoms with van der Waals surface area (Å²) in [5, 5.41) is 4.60. The molecule has 1 unspecified atom stereocenters. The SMILES string of the molecule is CCCC(C)NC(=O)CSc1nc2cc(Cl)ccc2c(=O)n1CCC. The van der Waals surface area contributed by atoms with Gasteiger partial charge in [0.25, 0.3) is 5.56 Å². The molecular formula is C18H24ClN3O2S. The first-order valence-electron chi connectivity index (χ1n) is 8.58. The van der Waals surface area contributed by atoms with Crippen molar-refractivity contribution in [3.63, 3.8) is 0 Å². The van der Waals surface area contributed by atoms with E-state index in [1.54, 1.807) is 22.8 Å². The van der Waals surface area contributed by atoms with E-state index in [-0.39, 0.29) is 23.3 Å². The molecule has 25 heavy (non-hydrogen) atoms. The fourth-order valence-electron chi connectivity index (χ4n) is 2.66. The largest absolute Gasteiger partial charge is 0.353 e. The lowest BCUT2D eigenvalue weighted by atomic mass is 10.2. The van der Waals surface area contributed by atoms with E-state index in [2.05, 4.69) is 17.2 Å². The van der Waals surface area contributed by atoms with Gasteiger partial charge in [-0.15, -0.1) is 0 Å². The van der Waals surface area contributed by atoms with Crippen LogP contribution >= 0.6 is 23.4 Å². The Morgan fingerprint density at radius 1 is 1.36 bits per heavy atom. The van der Waals surface area contributed by atoms with E-state index in [1.165, 1.54) is 11.8 Å². The van der Waals surface area contributed by atoms with Gasteiger partial charge in [-0.2, -0.15) is 0 Å². The fraction of sp³-hybridized carbons (Fsp3) is 0.500. The van der Waals surface area contributed by atoms with Gasteiger partial charge in [-0.05, 0) is 38.0 Å². The standard InChI is InChI=1S/C18H24ClN3O2S/c1-4-6-12(3)20-16(23)11-25-18-21-15-10-13(19)7-8-14(15)17(24)22(18)9-5-2/h7-8,10,12H,4-6,9,11H2,1-3H3,(H,20,23). The maximum atomic E-state index is 12.7. The van der Waals surface area contributed by atoms with Gasteiger partial charge in [-0.3, -0.25) is 14.2 Å². The molecule has 0 bridgehead atoms. The molecule has 0 aliphatic rings. The first-order chi connectivity index (χ1) is 12.0. The Morgan fingerprint density at radius 3 is 2.80 bits per heavy atom. The van der Waals surface area contributed by atoms with Crippen molar-refractivity contribution in [2.24, 2.45) is 0 Å². The number of rotatable bonds is 8. The fourth-order valence-corrected chi connectivity index (χ4v) is 3.66. The van der Waals surface area contributed by atoms with Gasteiger partial charge in [0.2, 0.25) is 5.91 Å². The Kier molecular flexibility index (Phi) is 7.32. The van der Waals surface area contributed by atoms with Gasteiger partial charge in [0.15, 0.2) is 5.16 Å². The molecule has 0 aliphatic carbocycles. The number of nitrogens with zero attached hydrogens (tertiary/aromatic N) is 2. The first-order valence-corrected chi connectivity index (χ1v) is 9.94. The van der Waals surface area contributed by atoms with E-state index in [0.29, 0.717) is 27.6 Å². The van der Waals surface area contributed by atoms with Crippen LogP contribution in [0, 0.1) is 0 Å². The number of fused-ring (bicyclic) bond motifs is 1. The molecule has 0 saturated heterocycles. The van der Waals surface area contributed by atoms with Crippen molar-refractivity contribution in [3.8, 4) is 0 Å². The van der Waals surface area contributed by atoms with Gasteiger partial charge in [0, 0.05) is 17.6 Å². The smallest absolute Gasteiger partial charge is 0.262 e. The van der Waals surface area contributed by atoms with Crippen molar-refractivity contribution in [3.05, 3.63) is 33.6 Å². The van der Waals surface area contributed by atoms with Crippen molar-refractivity contribution in [1.29, 1.82) is 0 Å². The number of nitrogens with one attached hydrogen (secondary N) is 1. The van der Waals surface area contributed by atoms with Crippen LogP contribution in [-0.4, -0.2) is 27.3 Å². The second-order valence-corrected chi connectivity index (χ2v) is 7.44. The van der Waals surface area contributed by atoms with Crippen molar-refractivity contribution < 1.29 is 4.79 Å². The molecule has 7 heteroatoms. The minimum absolute atomic E-state index is 0.0468. The van der Waals surface area contributed by atoms with Crippen molar-refractivity contribution >= 4 is 40.2 Å². The Hall–Kier alpha value is -1.53. The molecule has 136 valence electrons. The van der Waals surface area contributed by atoms with Crippen LogP contribution in [0.1, 0.15) is 40.0 Å². The number of hydrogen-bond acceptors (Lipinski definition) is 4. The predicted octanol–water partition coefficient (Wildman–Crippen LogP) is 3.86. The number of amides is 1. The highest BCUT2D eigenvalue weighted by Crippen LogP contribution is 2.20. The predicted molar refractivity (Wildman–Crippen MR) is 105 cm³/mol. The quantitative estimate of drug-likeness (QED) is 0.557. The molecule has 0 spiro atoms. The van der Waals surface area contributed by atoms with Crippen molar-refractivity contribution in [1.82, 2.24) is 14.9 Å². The third-order valence-electron chi connectivity index (χ3n) is 3.79. The highest BCUT2D eigenvalue weighted by atomic mass is 35.5. The summed E-state index contributed by atoms with van der Waals surface area (Å²) >= 11 is 7.31. The highest BCUT2D eigenvalue weighted by molar-refractivity contribution is 7.99. The number of thioether (sulfide) groups is 1. The lowest BCUT2D eigenvalue weighted by molar-refractivity contribution is -0.119. The zero-order valence-corrected chi connectivity index (χ0v) is 16.4. The van der Waals surface area contributed by atoms with Crippen molar-refractivity contribution in [2.45, 2.75) is 57.8 Å². The van der Waals surface area contributed by atoms with E-state index >= 15 is 0 Å². The Morgan fingerprint density at radius 2 is 2.12 bits per heavy atom. The number of carbonyl (C=O) groups excluding carboxylic acids is 1. The zero-order chi connectivity index (χ0) is 18.4. The van der Waals surface area contributed by atoms with Crippen LogP contribution in [0.2, 0.25) is 5.02 Å². The van der Waals surface area contributed by atoms with Gasteiger partial charge in [0.05, 0.1) is 16.7 Å². The third kappa shape index (κ3) is 5.22. The molecule has 2 rings (SSSR count). The molecule has 0 saturated carbocycles. The molecule has 0 radical (unpaired) electrons. The minimum Gasteiger partial charge on any atom is -0.353 e. The highest BCUT2D eigenvalue weighted by Gasteiger charge is 2.14. The molecule has 1 aromatic heterocycles. The van der Waals surface area contributed by atoms with Crippen LogP contribution in [0.25, 0.3) is 10.9 Å². The normalized spacial score (nSPS) is 12.3. The summed E-state index contributed by atoms with van der Waals surface area (Å²) < 4.78 is 1.64. The second-order valence-electron chi connectivity index (χ2n) is 6.06. The maximum Gasteiger partial charge on any atom is 0.262 e. The van der Waals surface area contributed by atoms with Crippen LogP contribution in [0.15, 0.2) is 28.2 Å². The maximum absolute atomic E-state index is 12.7. The molecule has 1 amide bonds. The number of aromatic nitrogens is 2. The number of benzene rings is 1. The Bertz CT molecular complexity index is 807. The van der Waals surface area contributed by atoms with E-state index in [1.807, 2.05) is 13.8 Å². The van der Waals surface area contributed by atoms with E-state index in [9.17, 15) is 9.59 Å². The molecule has 1 heterocycles. The topological polar surface area (TPSA) is 64.0 Å². The average molecular weight is 382 g/mol. The van der Waals surface area contributed by atoms with Crippen LogP contribution in [0.3, 0.4) is 0 Å². The summed E-state index contributed by atoms with van der Waals surface area (Å²) in [6, 6.07) is 5.23. The summed E-state index contributed by atoms with van der Waals surface area (Å²) in [5.41, 5.74) is 0.470. The van der Waals surface area contributed by atoms with Gasteiger partial charge in [-0.25, -0.2) is 4.98 Å². The summed E-state index contributed by atoms with van der Waals surface area (Å²) in [5.74, 6) is 0.186. The zero-order valence-electron chi connectivity index (χ0n) is 14.8. The molecule has 1 aromatic carbocycles. The molecule has 0 aliphatic heterocycles. The number of halogens is 1. The van der Waals surface area contributed by atoms with E-state index in [0.717, 1.165) is 19.3 Å². The summed E-state index contributed by atoms with van der Waals surface area (Å²) in [4.78, 5) is 29.4. The third-order valence-corrected chi connectivity index (χ3v) is 5.00. The lowest BCUT2D eigenvalue weighted by Gasteiger charge is -2.14. The monoisotopic (exact) mass is 381 g/mol. The Balaban J connectivity index is 2.25. The minimum atomic E-state index is -0.0919. The number of hydrogen-bond donors (Lipinski definition) is 1. The summed E-state index contributed by atoms with van der Waals surface area (Å²) in [6.07, 6.45) is 2.79. The van der Waals surface area contributed by atoms with Crippen LogP contribution < -0.4 is 10.9 Å². The average Bonchev–Trinajstić information content (AvgIpc) is 2.56. The molecule has 1 N–H and O–H groups in total. The molecule has 0 fully saturated rings. The Labute approximate surface area is 157 Å². The van der Waals surface area contributed by atoms with Crippen LogP contribution in [-0.2, 0) is 11.3 Å². The van der Waals surface area contributed by atoms with Gasteiger partial charge < -0.3 is 5.32 Å². The van der Waals surface area contributed by atoms with Gasteiger partial charge >= 0.3 is 0 Å². The molecule has 2 aromatic rings. The van der Waals surface area contributed by atoms with E-state index < -0.39 is 0 Å². The second kappa shape index (κ2) is 9.25. The molecular weight excluding hydrogens is 358 g/mol. The lowest BCUT2D eigenvalue weighted by Crippen LogP contribution is -2.34. The molecule has 1 atom stereocenters. The van der Waals surface area contributed by atoms with Crippen LogP contribution in [0.5, 0.6) is 0 Å². The van der Waals surface area contributed by atoms with Gasteiger partial charge in [0.1, 0.15) is 0 Å². The van der Waals surface area contributed by atoms with Gasteiger partial charge in [-0.1, -0.05) is 43.6 Å².